The number of anilines is 3. The van der Waals surface area contributed by atoms with Gasteiger partial charge in [0.15, 0.2) is 5.58 Å². The number of hydrogen-bond acceptors (Lipinski definition) is 8. The first-order chi connectivity index (χ1) is 11.7. The number of benzene rings is 1. The first kappa shape index (κ1) is 15.2. The van der Waals surface area contributed by atoms with Crippen molar-refractivity contribution in [1.82, 2.24) is 14.3 Å². The van der Waals surface area contributed by atoms with Gasteiger partial charge in [0.05, 0.1) is 0 Å². The lowest BCUT2D eigenvalue weighted by Crippen LogP contribution is -2.30. The Balaban J connectivity index is 1.49. The molecular formula is C16H20N6OS. The van der Waals surface area contributed by atoms with Crippen LogP contribution in [0.4, 0.5) is 17.1 Å². The second-order valence-electron chi connectivity index (χ2n) is 6.06. The lowest BCUT2D eigenvalue weighted by atomic mass is 10.3. The minimum atomic E-state index is 0.712. The fraction of sp³-hybridized carbons (Fsp3) is 0.438. The van der Waals surface area contributed by atoms with Gasteiger partial charge in [-0.3, -0.25) is 0 Å². The van der Waals surface area contributed by atoms with Crippen molar-refractivity contribution < 1.29 is 4.42 Å². The fourth-order valence-corrected chi connectivity index (χ4v) is 3.60. The van der Waals surface area contributed by atoms with Gasteiger partial charge in [0.1, 0.15) is 5.52 Å². The standard InChI is InChI=1S/C16H20N6OS/c1-20(2)14-18-16(24-19-14)22-9-5-8-21(10-11-22)15-17-12-6-3-4-7-13(12)23-15/h3-4,6-7H,5,8-11H2,1-2H3. The van der Waals surface area contributed by atoms with E-state index in [2.05, 4.69) is 24.1 Å². The molecule has 3 aromatic rings. The molecule has 1 aromatic carbocycles. The smallest absolute Gasteiger partial charge is 0.298 e. The van der Waals surface area contributed by atoms with Crippen LogP contribution in [0.3, 0.4) is 0 Å². The van der Waals surface area contributed by atoms with Crippen molar-refractivity contribution in [3.05, 3.63) is 24.3 Å². The average molecular weight is 344 g/mol. The zero-order chi connectivity index (χ0) is 16.5. The Bertz CT molecular complexity index is 796. The highest BCUT2D eigenvalue weighted by Gasteiger charge is 2.21. The third kappa shape index (κ3) is 2.89. The van der Waals surface area contributed by atoms with Gasteiger partial charge < -0.3 is 19.1 Å². The first-order valence-corrected chi connectivity index (χ1v) is 8.84. The topological polar surface area (TPSA) is 61.5 Å². The van der Waals surface area contributed by atoms with Gasteiger partial charge >= 0.3 is 0 Å². The number of fused-ring (bicyclic) bond motifs is 1. The molecule has 1 fully saturated rings. The van der Waals surface area contributed by atoms with E-state index in [0.29, 0.717) is 6.01 Å². The molecule has 24 heavy (non-hydrogen) atoms. The van der Waals surface area contributed by atoms with Crippen LogP contribution in [0.5, 0.6) is 0 Å². The highest BCUT2D eigenvalue weighted by Crippen LogP contribution is 2.25. The summed E-state index contributed by atoms with van der Waals surface area (Å²) in [5, 5.41) is 0.984. The third-order valence-electron chi connectivity index (χ3n) is 4.12. The second-order valence-corrected chi connectivity index (χ2v) is 6.79. The maximum atomic E-state index is 5.90. The molecule has 8 heteroatoms. The number of aromatic nitrogens is 3. The minimum Gasteiger partial charge on any atom is -0.423 e. The molecule has 4 rings (SSSR count). The van der Waals surface area contributed by atoms with Crippen molar-refractivity contribution in [1.29, 1.82) is 0 Å². The van der Waals surface area contributed by atoms with Crippen molar-refractivity contribution in [2.24, 2.45) is 0 Å². The predicted molar refractivity (Wildman–Crippen MR) is 97.3 cm³/mol. The van der Waals surface area contributed by atoms with Crippen LogP contribution in [0.25, 0.3) is 11.1 Å². The molecule has 126 valence electrons. The summed E-state index contributed by atoms with van der Waals surface area (Å²) in [6.45, 7) is 3.66. The SMILES string of the molecule is CN(C)c1nsc(N2CCCN(c3nc4ccccc4o3)CC2)n1. The lowest BCUT2D eigenvalue weighted by molar-refractivity contribution is 0.571. The van der Waals surface area contributed by atoms with E-state index in [-0.39, 0.29) is 0 Å². The van der Waals surface area contributed by atoms with Crippen LogP contribution < -0.4 is 14.7 Å². The molecule has 2 aromatic heterocycles. The molecule has 3 heterocycles. The summed E-state index contributed by atoms with van der Waals surface area (Å²) < 4.78 is 10.3. The van der Waals surface area contributed by atoms with E-state index in [9.17, 15) is 0 Å². The summed E-state index contributed by atoms with van der Waals surface area (Å²) in [6, 6.07) is 8.61. The van der Waals surface area contributed by atoms with E-state index in [4.69, 9.17) is 4.42 Å². The number of rotatable bonds is 3. The molecule has 0 unspecified atom stereocenters. The van der Waals surface area contributed by atoms with Gasteiger partial charge in [0.2, 0.25) is 11.1 Å². The first-order valence-electron chi connectivity index (χ1n) is 8.07. The van der Waals surface area contributed by atoms with E-state index in [1.54, 1.807) is 0 Å². The molecule has 0 spiro atoms. The predicted octanol–water partition coefficient (Wildman–Crippen LogP) is 2.46. The fourth-order valence-electron chi connectivity index (χ4n) is 2.81. The molecule has 0 saturated carbocycles. The van der Waals surface area contributed by atoms with Gasteiger partial charge in [0, 0.05) is 51.8 Å². The number of nitrogens with zero attached hydrogens (tertiary/aromatic N) is 6. The average Bonchev–Trinajstić information content (AvgIpc) is 3.16. The Hall–Kier alpha value is -2.35. The van der Waals surface area contributed by atoms with Crippen LogP contribution in [0.2, 0.25) is 0 Å². The highest BCUT2D eigenvalue weighted by molar-refractivity contribution is 7.09. The molecule has 0 N–H and O–H groups in total. The van der Waals surface area contributed by atoms with Gasteiger partial charge in [-0.15, -0.1) is 0 Å². The maximum absolute atomic E-state index is 5.90. The molecule has 1 aliphatic rings. The zero-order valence-corrected chi connectivity index (χ0v) is 14.7. The Morgan fingerprint density at radius 2 is 1.83 bits per heavy atom. The summed E-state index contributed by atoms with van der Waals surface area (Å²) in [5.74, 6) is 0.773. The normalized spacial score (nSPS) is 15.8. The third-order valence-corrected chi connectivity index (χ3v) is 4.89. The van der Waals surface area contributed by atoms with Crippen LogP contribution in [-0.4, -0.2) is 54.6 Å². The Morgan fingerprint density at radius 1 is 1.04 bits per heavy atom. The van der Waals surface area contributed by atoms with E-state index < -0.39 is 0 Å². The Kier molecular flexibility index (Phi) is 3.97. The van der Waals surface area contributed by atoms with Crippen LogP contribution in [0.1, 0.15) is 6.42 Å². The number of oxazole rings is 1. The number of para-hydroxylation sites is 2. The monoisotopic (exact) mass is 344 g/mol. The Morgan fingerprint density at radius 3 is 2.62 bits per heavy atom. The van der Waals surface area contributed by atoms with Gasteiger partial charge in [-0.1, -0.05) is 12.1 Å². The van der Waals surface area contributed by atoms with Crippen LogP contribution in [-0.2, 0) is 0 Å². The van der Waals surface area contributed by atoms with E-state index in [1.165, 1.54) is 11.5 Å². The highest BCUT2D eigenvalue weighted by atomic mass is 32.1. The van der Waals surface area contributed by atoms with Crippen LogP contribution >= 0.6 is 11.5 Å². The zero-order valence-electron chi connectivity index (χ0n) is 13.8. The van der Waals surface area contributed by atoms with Crippen LogP contribution in [0.15, 0.2) is 28.7 Å². The second kappa shape index (κ2) is 6.27. The molecule has 0 atom stereocenters. The van der Waals surface area contributed by atoms with Crippen molar-refractivity contribution in [3.8, 4) is 0 Å². The molecule has 1 aliphatic heterocycles. The van der Waals surface area contributed by atoms with Crippen LogP contribution in [0, 0.1) is 0 Å². The van der Waals surface area contributed by atoms with Crippen molar-refractivity contribution in [2.75, 3.05) is 55.0 Å². The Labute approximate surface area is 144 Å². The lowest BCUT2D eigenvalue weighted by Gasteiger charge is -2.19. The quantitative estimate of drug-likeness (QED) is 0.723. The van der Waals surface area contributed by atoms with E-state index in [0.717, 1.165) is 54.8 Å². The summed E-state index contributed by atoms with van der Waals surface area (Å²) >= 11 is 1.46. The molecule has 0 amide bonds. The number of hydrogen-bond donors (Lipinski definition) is 0. The summed E-state index contributed by atoms with van der Waals surface area (Å²) in [6.07, 6.45) is 1.04. The van der Waals surface area contributed by atoms with Gasteiger partial charge in [-0.25, -0.2) is 0 Å². The van der Waals surface area contributed by atoms with Crippen molar-refractivity contribution in [2.45, 2.75) is 6.42 Å². The van der Waals surface area contributed by atoms with Gasteiger partial charge in [-0.05, 0) is 18.6 Å². The maximum Gasteiger partial charge on any atom is 0.298 e. The van der Waals surface area contributed by atoms with Crippen molar-refractivity contribution >= 4 is 39.7 Å². The molecule has 0 bridgehead atoms. The summed E-state index contributed by atoms with van der Waals surface area (Å²) in [5.41, 5.74) is 1.75. The molecular weight excluding hydrogens is 324 g/mol. The molecule has 0 aliphatic carbocycles. The largest absolute Gasteiger partial charge is 0.423 e. The summed E-state index contributed by atoms with van der Waals surface area (Å²) in [4.78, 5) is 15.7. The van der Waals surface area contributed by atoms with E-state index in [1.807, 2.05) is 43.3 Å². The minimum absolute atomic E-state index is 0.712. The van der Waals surface area contributed by atoms with Gasteiger partial charge in [-0.2, -0.15) is 14.3 Å². The molecule has 7 nitrogen and oxygen atoms in total. The van der Waals surface area contributed by atoms with Crippen molar-refractivity contribution in [3.63, 3.8) is 0 Å². The summed E-state index contributed by atoms with van der Waals surface area (Å²) in [7, 11) is 3.92. The molecule has 1 saturated heterocycles. The van der Waals surface area contributed by atoms with Gasteiger partial charge in [0.25, 0.3) is 6.01 Å². The van der Waals surface area contributed by atoms with E-state index >= 15 is 0 Å². The molecule has 0 radical (unpaired) electrons.